The van der Waals surface area contributed by atoms with Crippen LogP contribution in [0.15, 0.2) is 12.3 Å². The Kier molecular flexibility index (Phi) is 4.63. The molecular formula is C12H17N3O2. The van der Waals surface area contributed by atoms with Crippen LogP contribution in [0.2, 0.25) is 0 Å². The number of hydrogen-bond acceptors (Lipinski definition) is 4. The normalized spacial score (nSPS) is 9.82. The molecule has 1 aromatic rings. The molecule has 5 nitrogen and oxygen atoms in total. The van der Waals surface area contributed by atoms with E-state index in [1.54, 1.807) is 18.0 Å². The number of nitrogens with one attached hydrogen (secondary N) is 1. The van der Waals surface area contributed by atoms with Crippen molar-refractivity contribution in [2.45, 2.75) is 13.8 Å². The molecule has 1 heterocycles. The van der Waals surface area contributed by atoms with Gasteiger partial charge in [-0.15, -0.1) is 0 Å². The molecule has 0 radical (unpaired) electrons. The van der Waals surface area contributed by atoms with Gasteiger partial charge in [-0.3, -0.25) is 9.59 Å². The van der Waals surface area contributed by atoms with Crippen molar-refractivity contribution in [2.75, 3.05) is 25.0 Å². The summed E-state index contributed by atoms with van der Waals surface area (Å²) in [6.07, 6.45) is 2.26. The topological polar surface area (TPSA) is 62.3 Å². The van der Waals surface area contributed by atoms with Crippen molar-refractivity contribution in [3.05, 3.63) is 23.4 Å². The lowest BCUT2D eigenvalue weighted by Gasteiger charge is -2.19. The maximum absolute atomic E-state index is 11.4. The van der Waals surface area contributed by atoms with Crippen molar-refractivity contribution < 1.29 is 9.59 Å². The molecule has 0 bridgehead atoms. The fraction of sp³-hybridized carbons (Fsp3) is 0.417. The molecule has 0 aliphatic heterocycles. The molecular weight excluding hydrogens is 218 g/mol. The number of nitrogens with zero attached hydrogens (tertiary/aromatic N) is 2. The van der Waals surface area contributed by atoms with E-state index in [0.29, 0.717) is 17.9 Å². The van der Waals surface area contributed by atoms with Gasteiger partial charge >= 0.3 is 0 Å². The van der Waals surface area contributed by atoms with E-state index in [1.165, 1.54) is 6.20 Å². The van der Waals surface area contributed by atoms with Crippen LogP contribution in [-0.4, -0.2) is 37.3 Å². The van der Waals surface area contributed by atoms with Crippen molar-refractivity contribution in [1.82, 2.24) is 10.3 Å². The van der Waals surface area contributed by atoms with Crippen LogP contribution < -0.4 is 10.2 Å². The number of aromatic nitrogens is 1. The van der Waals surface area contributed by atoms with Gasteiger partial charge in [0.25, 0.3) is 0 Å². The highest BCUT2D eigenvalue weighted by atomic mass is 16.2. The van der Waals surface area contributed by atoms with Crippen LogP contribution in [-0.2, 0) is 4.79 Å². The van der Waals surface area contributed by atoms with E-state index in [0.717, 1.165) is 11.8 Å². The maximum Gasteiger partial charge on any atom is 0.239 e. The first-order valence-electron chi connectivity index (χ1n) is 5.48. The van der Waals surface area contributed by atoms with Gasteiger partial charge in [-0.1, -0.05) is 0 Å². The Hall–Kier alpha value is -1.91. The van der Waals surface area contributed by atoms with Gasteiger partial charge in [-0.25, -0.2) is 4.98 Å². The molecule has 17 heavy (non-hydrogen) atoms. The second kappa shape index (κ2) is 5.98. The SMILES string of the molecule is CCNC(=O)CN(C)c1ncc(C=O)cc1C. The van der Waals surface area contributed by atoms with Crippen LogP contribution in [0.3, 0.4) is 0 Å². The first-order valence-corrected chi connectivity index (χ1v) is 5.48. The third kappa shape index (κ3) is 3.55. The highest BCUT2D eigenvalue weighted by molar-refractivity contribution is 5.81. The number of aryl methyl sites for hydroxylation is 1. The Bertz CT molecular complexity index is 418. The first-order chi connectivity index (χ1) is 8.08. The second-order valence-electron chi connectivity index (χ2n) is 3.84. The van der Waals surface area contributed by atoms with Crippen molar-refractivity contribution in [3.63, 3.8) is 0 Å². The molecule has 0 saturated carbocycles. The summed E-state index contributed by atoms with van der Waals surface area (Å²) in [6.45, 7) is 4.61. The zero-order valence-electron chi connectivity index (χ0n) is 10.4. The summed E-state index contributed by atoms with van der Waals surface area (Å²) >= 11 is 0. The van der Waals surface area contributed by atoms with E-state index in [4.69, 9.17) is 0 Å². The summed E-state index contributed by atoms with van der Waals surface area (Å²) in [5, 5.41) is 2.72. The van der Waals surface area contributed by atoms with Gasteiger partial charge in [0.15, 0.2) is 6.29 Å². The fourth-order valence-electron chi connectivity index (χ4n) is 1.60. The predicted molar refractivity (Wildman–Crippen MR) is 66.3 cm³/mol. The lowest BCUT2D eigenvalue weighted by Crippen LogP contribution is -2.35. The largest absolute Gasteiger partial charge is 0.355 e. The Balaban J connectivity index is 2.78. The maximum atomic E-state index is 11.4. The number of carbonyl (C=O) groups excluding carboxylic acids is 2. The van der Waals surface area contributed by atoms with Crippen molar-refractivity contribution in [3.8, 4) is 0 Å². The van der Waals surface area contributed by atoms with Gasteiger partial charge in [-0.2, -0.15) is 0 Å². The lowest BCUT2D eigenvalue weighted by molar-refractivity contribution is -0.119. The molecule has 1 amide bonds. The summed E-state index contributed by atoms with van der Waals surface area (Å²) in [5.41, 5.74) is 1.42. The molecule has 0 fully saturated rings. The van der Waals surface area contributed by atoms with Crippen molar-refractivity contribution >= 4 is 18.0 Å². The second-order valence-corrected chi connectivity index (χ2v) is 3.84. The van der Waals surface area contributed by atoms with E-state index >= 15 is 0 Å². The van der Waals surface area contributed by atoms with Crippen LogP contribution in [0.1, 0.15) is 22.8 Å². The molecule has 0 unspecified atom stereocenters. The summed E-state index contributed by atoms with van der Waals surface area (Å²) in [6, 6.07) is 1.75. The van der Waals surface area contributed by atoms with Gasteiger partial charge in [-0.05, 0) is 25.5 Å². The molecule has 92 valence electrons. The summed E-state index contributed by atoms with van der Waals surface area (Å²) in [7, 11) is 1.80. The molecule has 0 atom stereocenters. The van der Waals surface area contributed by atoms with Crippen LogP contribution in [0.4, 0.5) is 5.82 Å². The standard InChI is InChI=1S/C12H17N3O2/c1-4-13-11(17)7-15(3)12-9(2)5-10(8-16)6-14-12/h5-6,8H,4,7H2,1-3H3,(H,13,17). The Labute approximate surface area is 101 Å². The summed E-state index contributed by atoms with van der Waals surface area (Å²) in [5.74, 6) is 0.664. The molecule has 0 aromatic carbocycles. The predicted octanol–water partition coefficient (Wildman–Crippen LogP) is 0.775. The number of aldehydes is 1. The minimum Gasteiger partial charge on any atom is -0.355 e. The quantitative estimate of drug-likeness (QED) is 0.766. The highest BCUT2D eigenvalue weighted by Gasteiger charge is 2.10. The van der Waals surface area contributed by atoms with E-state index < -0.39 is 0 Å². The average Bonchev–Trinajstić information content (AvgIpc) is 2.28. The third-order valence-electron chi connectivity index (χ3n) is 2.32. The molecule has 0 aliphatic carbocycles. The van der Waals surface area contributed by atoms with E-state index in [1.807, 2.05) is 13.8 Å². The van der Waals surface area contributed by atoms with Crippen molar-refractivity contribution in [1.29, 1.82) is 0 Å². The average molecular weight is 235 g/mol. The smallest absolute Gasteiger partial charge is 0.239 e. The van der Waals surface area contributed by atoms with Gasteiger partial charge in [0.2, 0.25) is 5.91 Å². The number of likely N-dealkylation sites (N-methyl/N-ethyl adjacent to an activating group) is 2. The monoisotopic (exact) mass is 235 g/mol. The molecule has 1 aromatic heterocycles. The zero-order valence-corrected chi connectivity index (χ0v) is 10.4. The molecule has 1 rings (SSSR count). The van der Waals surface area contributed by atoms with Gasteiger partial charge in [0.1, 0.15) is 5.82 Å². The van der Waals surface area contributed by atoms with E-state index in [9.17, 15) is 9.59 Å². The molecule has 0 aliphatic rings. The van der Waals surface area contributed by atoms with Gasteiger partial charge < -0.3 is 10.2 Å². The minimum absolute atomic E-state index is 0.0457. The Morgan fingerprint density at radius 3 is 2.82 bits per heavy atom. The summed E-state index contributed by atoms with van der Waals surface area (Å²) in [4.78, 5) is 27.9. The number of pyridine rings is 1. The molecule has 0 spiro atoms. The fourth-order valence-corrected chi connectivity index (χ4v) is 1.60. The van der Waals surface area contributed by atoms with Gasteiger partial charge in [0, 0.05) is 25.4 Å². The Morgan fingerprint density at radius 2 is 2.29 bits per heavy atom. The number of anilines is 1. The number of carbonyl (C=O) groups is 2. The molecule has 1 N–H and O–H groups in total. The third-order valence-corrected chi connectivity index (χ3v) is 2.32. The number of amides is 1. The van der Waals surface area contributed by atoms with Crippen LogP contribution in [0.25, 0.3) is 0 Å². The molecule has 0 saturated heterocycles. The zero-order chi connectivity index (χ0) is 12.8. The van der Waals surface area contributed by atoms with Crippen LogP contribution >= 0.6 is 0 Å². The lowest BCUT2D eigenvalue weighted by atomic mass is 10.2. The minimum atomic E-state index is -0.0457. The van der Waals surface area contributed by atoms with Crippen LogP contribution in [0, 0.1) is 6.92 Å². The molecule has 5 heteroatoms. The summed E-state index contributed by atoms with van der Waals surface area (Å²) < 4.78 is 0. The number of hydrogen-bond donors (Lipinski definition) is 1. The highest BCUT2D eigenvalue weighted by Crippen LogP contribution is 2.15. The first kappa shape index (κ1) is 13.2. The van der Waals surface area contributed by atoms with E-state index in [2.05, 4.69) is 10.3 Å². The van der Waals surface area contributed by atoms with Crippen LogP contribution in [0.5, 0.6) is 0 Å². The number of rotatable bonds is 5. The van der Waals surface area contributed by atoms with E-state index in [-0.39, 0.29) is 12.5 Å². The Morgan fingerprint density at radius 1 is 1.59 bits per heavy atom. The van der Waals surface area contributed by atoms with Crippen molar-refractivity contribution in [2.24, 2.45) is 0 Å². The van der Waals surface area contributed by atoms with Gasteiger partial charge in [0.05, 0.1) is 6.54 Å².